The van der Waals surface area contributed by atoms with E-state index in [1.165, 1.54) is 0 Å². The number of fused-ring (bicyclic) bond motifs is 1. The molecule has 2 aliphatic rings. The topological polar surface area (TPSA) is 55.8 Å². The maximum Gasteiger partial charge on any atom is 0.243 e. The number of benzene rings is 1. The molecule has 1 saturated heterocycles. The quantitative estimate of drug-likeness (QED) is 0.857. The minimum Gasteiger partial charge on any atom is -0.490 e. The van der Waals surface area contributed by atoms with Crippen LogP contribution in [0.2, 0.25) is 0 Å². The smallest absolute Gasteiger partial charge is 0.243 e. The molecular weight excluding hydrogens is 302 g/mol. The Morgan fingerprint density at radius 2 is 1.86 bits per heavy atom. The molecule has 2 heterocycles. The van der Waals surface area contributed by atoms with E-state index >= 15 is 0 Å². The van der Waals surface area contributed by atoms with Crippen molar-refractivity contribution in [2.75, 3.05) is 19.8 Å². The summed E-state index contributed by atoms with van der Waals surface area (Å²) in [4.78, 5) is 0.296. The lowest BCUT2D eigenvalue weighted by Gasteiger charge is -2.27. The molecule has 0 saturated carbocycles. The molecule has 1 fully saturated rings. The number of hydrogen-bond donors (Lipinski definition) is 0. The molecule has 1 atom stereocenters. The van der Waals surface area contributed by atoms with Gasteiger partial charge in [-0.2, -0.15) is 4.31 Å². The van der Waals surface area contributed by atoms with E-state index in [0.717, 1.165) is 19.3 Å². The molecule has 2 aliphatic heterocycles. The fourth-order valence-electron chi connectivity index (χ4n) is 3.17. The second kappa shape index (κ2) is 6.08. The number of ether oxygens (including phenoxy) is 2. The van der Waals surface area contributed by atoms with Crippen molar-refractivity contribution in [3.05, 3.63) is 18.2 Å². The fourth-order valence-corrected chi connectivity index (χ4v) is 5.01. The molecule has 22 heavy (non-hydrogen) atoms. The number of rotatable bonds is 3. The van der Waals surface area contributed by atoms with Crippen molar-refractivity contribution in [2.24, 2.45) is 5.92 Å². The van der Waals surface area contributed by atoms with Crippen LogP contribution in [-0.4, -0.2) is 38.5 Å². The third-order valence-corrected chi connectivity index (χ3v) is 6.26. The van der Waals surface area contributed by atoms with Gasteiger partial charge in [-0.25, -0.2) is 8.42 Å². The maximum atomic E-state index is 13.0. The van der Waals surface area contributed by atoms with Crippen LogP contribution in [0.3, 0.4) is 0 Å². The average molecular weight is 325 g/mol. The van der Waals surface area contributed by atoms with Crippen LogP contribution in [0.25, 0.3) is 0 Å². The zero-order valence-corrected chi connectivity index (χ0v) is 13.9. The largest absolute Gasteiger partial charge is 0.490 e. The first-order valence-corrected chi connectivity index (χ1v) is 9.35. The molecule has 3 rings (SSSR count). The molecule has 1 aromatic carbocycles. The first-order valence-electron chi connectivity index (χ1n) is 7.91. The van der Waals surface area contributed by atoms with E-state index in [-0.39, 0.29) is 6.04 Å². The summed E-state index contributed by atoms with van der Waals surface area (Å²) in [6, 6.07) is 5.01. The van der Waals surface area contributed by atoms with Gasteiger partial charge in [-0.1, -0.05) is 13.8 Å². The van der Waals surface area contributed by atoms with Crippen LogP contribution in [0, 0.1) is 5.92 Å². The molecule has 0 aromatic heterocycles. The lowest BCUT2D eigenvalue weighted by atomic mass is 10.0. The number of nitrogens with zero attached hydrogens (tertiary/aromatic N) is 1. The Balaban J connectivity index is 1.94. The lowest BCUT2D eigenvalue weighted by molar-refractivity contribution is 0.296. The Labute approximate surface area is 132 Å². The van der Waals surface area contributed by atoms with Crippen molar-refractivity contribution in [1.82, 2.24) is 4.31 Å². The molecule has 0 spiro atoms. The summed E-state index contributed by atoms with van der Waals surface area (Å²) in [6.07, 6.45) is 2.66. The van der Waals surface area contributed by atoms with Crippen molar-refractivity contribution in [3.8, 4) is 11.5 Å². The van der Waals surface area contributed by atoms with E-state index in [1.54, 1.807) is 22.5 Å². The van der Waals surface area contributed by atoms with E-state index in [0.29, 0.717) is 42.1 Å². The Morgan fingerprint density at radius 1 is 1.14 bits per heavy atom. The SMILES string of the molecule is CC(C)C1CCCN1S(=O)(=O)c1ccc2c(c1)OCCCO2. The van der Waals surface area contributed by atoms with Gasteiger partial charge in [0.05, 0.1) is 18.1 Å². The summed E-state index contributed by atoms with van der Waals surface area (Å²) >= 11 is 0. The average Bonchev–Trinajstić information content (AvgIpc) is 2.87. The summed E-state index contributed by atoms with van der Waals surface area (Å²) in [5.41, 5.74) is 0. The van der Waals surface area contributed by atoms with Crippen LogP contribution >= 0.6 is 0 Å². The van der Waals surface area contributed by atoms with Crippen LogP contribution in [0.5, 0.6) is 11.5 Å². The van der Waals surface area contributed by atoms with Gasteiger partial charge in [0.2, 0.25) is 10.0 Å². The minimum absolute atomic E-state index is 0.0842. The van der Waals surface area contributed by atoms with Gasteiger partial charge in [0.25, 0.3) is 0 Å². The van der Waals surface area contributed by atoms with Gasteiger partial charge in [0.15, 0.2) is 11.5 Å². The molecule has 1 aromatic rings. The Hall–Kier alpha value is -1.27. The summed E-state index contributed by atoms with van der Waals surface area (Å²) in [7, 11) is -3.48. The Bertz CT molecular complexity index is 642. The van der Waals surface area contributed by atoms with E-state index in [4.69, 9.17) is 9.47 Å². The highest BCUT2D eigenvalue weighted by molar-refractivity contribution is 7.89. The zero-order valence-electron chi connectivity index (χ0n) is 13.1. The van der Waals surface area contributed by atoms with Crippen molar-refractivity contribution < 1.29 is 17.9 Å². The van der Waals surface area contributed by atoms with Gasteiger partial charge in [0.1, 0.15) is 0 Å². The second-order valence-corrected chi connectivity index (χ2v) is 8.12. The molecule has 122 valence electrons. The van der Waals surface area contributed by atoms with Crippen molar-refractivity contribution in [2.45, 2.75) is 44.0 Å². The molecule has 0 N–H and O–H groups in total. The van der Waals surface area contributed by atoms with Gasteiger partial charge in [-0.05, 0) is 30.9 Å². The van der Waals surface area contributed by atoms with E-state index in [2.05, 4.69) is 13.8 Å². The van der Waals surface area contributed by atoms with Gasteiger partial charge in [-0.15, -0.1) is 0 Å². The first kappa shape index (κ1) is 15.6. The molecule has 5 nitrogen and oxygen atoms in total. The van der Waals surface area contributed by atoms with E-state index < -0.39 is 10.0 Å². The molecule has 1 unspecified atom stereocenters. The molecule has 0 radical (unpaired) electrons. The fraction of sp³-hybridized carbons (Fsp3) is 0.625. The van der Waals surface area contributed by atoms with Crippen LogP contribution < -0.4 is 9.47 Å². The third kappa shape index (κ3) is 2.82. The van der Waals surface area contributed by atoms with Crippen LogP contribution in [0.1, 0.15) is 33.1 Å². The van der Waals surface area contributed by atoms with Crippen molar-refractivity contribution >= 4 is 10.0 Å². The Morgan fingerprint density at radius 3 is 2.59 bits per heavy atom. The number of sulfonamides is 1. The second-order valence-electron chi connectivity index (χ2n) is 6.23. The first-order chi connectivity index (χ1) is 10.5. The van der Waals surface area contributed by atoms with Gasteiger partial charge in [-0.3, -0.25) is 0 Å². The van der Waals surface area contributed by atoms with Crippen molar-refractivity contribution in [3.63, 3.8) is 0 Å². The monoisotopic (exact) mass is 325 g/mol. The highest BCUT2D eigenvalue weighted by atomic mass is 32.2. The van der Waals surface area contributed by atoms with Crippen LogP contribution in [0.15, 0.2) is 23.1 Å². The summed E-state index contributed by atoms with van der Waals surface area (Å²) in [5, 5.41) is 0. The van der Waals surface area contributed by atoms with E-state index in [9.17, 15) is 8.42 Å². The summed E-state index contributed by atoms with van der Waals surface area (Å²) < 4.78 is 38.7. The Kier molecular flexibility index (Phi) is 4.32. The zero-order chi connectivity index (χ0) is 15.7. The molecule has 0 amide bonds. The minimum atomic E-state index is -3.48. The van der Waals surface area contributed by atoms with Crippen molar-refractivity contribution in [1.29, 1.82) is 0 Å². The van der Waals surface area contributed by atoms with Crippen LogP contribution in [0.4, 0.5) is 0 Å². The van der Waals surface area contributed by atoms with Gasteiger partial charge in [0, 0.05) is 25.1 Å². The molecule has 0 bridgehead atoms. The number of hydrogen-bond acceptors (Lipinski definition) is 4. The van der Waals surface area contributed by atoms with Crippen LogP contribution in [-0.2, 0) is 10.0 Å². The highest BCUT2D eigenvalue weighted by Gasteiger charge is 2.37. The molecule has 0 aliphatic carbocycles. The summed E-state index contributed by atoms with van der Waals surface area (Å²) in [5.74, 6) is 1.47. The van der Waals surface area contributed by atoms with Gasteiger partial charge >= 0.3 is 0 Å². The summed E-state index contributed by atoms with van der Waals surface area (Å²) in [6.45, 7) is 5.90. The normalized spacial score (nSPS) is 22.8. The standard InChI is InChI=1S/C16H23NO4S/c1-12(2)14-5-3-8-17(14)22(18,19)13-6-7-15-16(11-13)21-10-4-9-20-15/h6-7,11-12,14H,3-5,8-10H2,1-2H3. The molecule has 6 heteroatoms. The predicted molar refractivity (Wildman–Crippen MR) is 83.8 cm³/mol. The third-order valence-electron chi connectivity index (χ3n) is 4.34. The predicted octanol–water partition coefficient (Wildman–Crippen LogP) is 2.66. The maximum absolute atomic E-state index is 13.0. The highest BCUT2D eigenvalue weighted by Crippen LogP contribution is 2.35. The van der Waals surface area contributed by atoms with E-state index in [1.807, 2.05) is 0 Å². The molecular formula is C16H23NO4S. The van der Waals surface area contributed by atoms with Gasteiger partial charge < -0.3 is 9.47 Å². The lowest BCUT2D eigenvalue weighted by Crippen LogP contribution is -2.38.